The second-order valence-corrected chi connectivity index (χ2v) is 7.12. The minimum absolute atomic E-state index is 0.0597. The largest absolute Gasteiger partial charge is 0.481 e. The summed E-state index contributed by atoms with van der Waals surface area (Å²) in [7, 11) is 0. The van der Waals surface area contributed by atoms with E-state index in [9.17, 15) is 14.7 Å². The summed E-state index contributed by atoms with van der Waals surface area (Å²) in [6.07, 6.45) is 2.31. The Morgan fingerprint density at radius 2 is 1.91 bits per heavy atom. The molecule has 2 aliphatic rings. The Balaban J connectivity index is 1.76. The lowest BCUT2D eigenvalue weighted by molar-refractivity contribution is -0.146. The maximum absolute atomic E-state index is 12.6. The van der Waals surface area contributed by atoms with E-state index in [1.165, 1.54) is 0 Å². The topological polar surface area (TPSA) is 66.8 Å². The maximum Gasteiger partial charge on any atom is 0.308 e. The normalized spacial score (nSPS) is 27.9. The van der Waals surface area contributed by atoms with E-state index in [-0.39, 0.29) is 18.4 Å². The molecule has 23 heavy (non-hydrogen) atoms. The molecule has 2 saturated heterocycles. The van der Waals surface area contributed by atoms with Crippen LogP contribution in [0.4, 0.5) is 0 Å². The van der Waals surface area contributed by atoms with Crippen LogP contribution in [0.2, 0.25) is 0 Å². The van der Waals surface area contributed by atoms with Crippen molar-refractivity contribution < 1.29 is 19.4 Å². The van der Waals surface area contributed by atoms with Crippen LogP contribution >= 0.6 is 15.9 Å². The quantitative estimate of drug-likeness (QED) is 0.873. The lowest BCUT2D eigenvalue weighted by atomic mass is 9.89. The number of benzene rings is 1. The van der Waals surface area contributed by atoms with Gasteiger partial charge in [0.2, 0.25) is 0 Å². The number of likely N-dealkylation sites (tertiary alicyclic amines) is 1. The van der Waals surface area contributed by atoms with Crippen LogP contribution < -0.4 is 0 Å². The zero-order valence-electron chi connectivity index (χ0n) is 12.8. The molecule has 0 aromatic heterocycles. The number of nitrogens with zero attached hydrogens (tertiary/aromatic N) is 1. The van der Waals surface area contributed by atoms with Gasteiger partial charge in [0, 0.05) is 30.1 Å². The fourth-order valence-corrected chi connectivity index (χ4v) is 3.69. The highest BCUT2D eigenvalue weighted by molar-refractivity contribution is 9.10. The van der Waals surface area contributed by atoms with Crippen molar-refractivity contribution >= 4 is 27.8 Å². The average molecular weight is 382 g/mol. The van der Waals surface area contributed by atoms with Crippen LogP contribution in [0.5, 0.6) is 0 Å². The molecule has 1 aromatic rings. The predicted octanol–water partition coefficient (Wildman–Crippen LogP) is 2.64. The molecule has 5 nitrogen and oxygen atoms in total. The fourth-order valence-electron chi connectivity index (χ4n) is 3.42. The van der Waals surface area contributed by atoms with E-state index < -0.39 is 18.0 Å². The molecule has 3 atom stereocenters. The van der Waals surface area contributed by atoms with Crippen LogP contribution in [0, 0.1) is 5.92 Å². The third-order valence-corrected chi connectivity index (χ3v) is 5.23. The molecule has 2 fully saturated rings. The number of hydrogen-bond donors (Lipinski definition) is 1. The van der Waals surface area contributed by atoms with Crippen molar-refractivity contribution in [3.63, 3.8) is 0 Å². The first kappa shape index (κ1) is 16.5. The molecule has 1 amide bonds. The Bertz CT molecular complexity index is 583. The molecule has 124 valence electrons. The van der Waals surface area contributed by atoms with Crippen molar-refractivity contribution in [1.29, 1.82) is 0 Å². The molecule has 2 heterocycles. The van der Waals surface area contributed by atoms with Gasteiger partial charge in [0.1, 0.15) is 6.10 Å². The summed E-state index contributed by atoms with van der Waals surface area (Å²) in [5.41, 5.74) is 0.959. The Labute approximate surface area is 143 Å². The van der Waals surface area contributed by atoms with E-state index in [4.69, 9.17) is 4.74 Å². The molecule has 2 aliphatic heterocycles. The summed E-state index contributed by atoms with van der Waals surface area (Å²) in [4.78, 5) is 25.9. The number of hydrogen-bond acceptors (Lipinski definition) is 3. The smallest absolute Gasteiger partial charge is 0.308 e. The number of aliphatic carboxylic acids is 1. The van der Waals surface area contributed by atoms with Crippen molar-refractivity contribution in [2.45, 2.75) is 31.3 Å². The van der Waals surface area contributed by atoms with Gasteiger partial charge in [-0.3, -0.25) is 9.59 Å². The van der Waals surface area contributed by atoms with Crippen molar-refractivity contribution in [1.82, 2.24) is 4.90 Å². The van der Waals surface area contributed by atoms with Gasteiger partial charge in [0.05, 0.1) is 5.92 Å². The fraction of sp³-hybridized carbons (Fsp3) is 0.529. The number of carboxylic acid groups (broad SMARTS) is 1. The first-order chi connectivity index (χ1) is 11.1. The molecular formula is C17H20BrNO4. The zero-order valence-corrected chi connectivity index (χ0v) is 14.4. The van der Waals surface area contributed by atoms with Crippen molar-refractivity contribution in [3.05, 3.63) is 34.3 Å². The van der Waals surface area contributed by atoms with Crippen LogP contribution in [0.25, 0.3) is 0 Å². The number of halogens is 1. The van der Waals surface area contributed by atoms with Crippen LogP contribution in [0.1, 0.15) is 30.7 Å². The lowest BCUT2D eigenvalue weighted by Gasteiger charge is -2.26. The van der Waals surface area contributed by atoms with E-state index in [0.29, 0.717) is 13.2 Å². The molecule has 0 bridgehead atoms. The highest BCUT2D eigenvalue weighted by Crippen LogP contribution is 2.34. The van der Waals surface area contributed by atoms with Gasteiger partial charge in [-0.15, -0.1) is 0 Å². The summed E-state index contributed by atoms with van der Waals surface area (Å²) in [5.74, 6) is -1.65. The van der Waals surface area contributed by atoms with E-state index in [0.717, 1.165) is 29.3 Å². The molecule has 1 unspecified atom stereocenters. The van der Waals surface area contributed by atoms with Gasteiger partial charge in [-0.1, -0.05) is 28.1 Å². The van der Waals surface area contributed by atoms with Gasteiger partial charge in [0.25, 0.3) is 5.91 Å². The third kappa shape index (κ3) is 3.58. The summed E-state index contributed by atoms with van der Waals surface area (Å²) >= 11 is 3.39. The standard InChI is InChI=1S/C17H20BrNO4/c18-12-6-4-11(5-7-12)13-9-19(10-14(13)17(21)22)16(20)15-3-1-2-8-23-15/h4-7,13-15H,1-3,8-10H2,(H,21,22)/t13-,14+,15?/m0/s1. The first-order valence-electron chi connectivity index (χ1n) is 7.95. The van der Waals surface area contributed by atoms with Crippen molar-refractivity contribution in [2.75, 3.05) is 19.7 Å². The molecule has 3 rings (SSSR count). The minimum Gasteiger partial charge on any atom is -0.481 e. The zero-order chi connectivity index (χ0) is 16.4. The summed E-state index contributed by atoms with van der Waals surface area (Å²) in [5, 5.41) is 9.53. The van der Waals surface area contributed by atoms with E-state index in [1.807, 2.05) is 24.3 Å². The molecule has 0 spiro atoms. The maximum atomic E-state index is 12.6. The van der Waals surface area contributed by atoms with Crippen LogP contribution in [0.15, 0.2) is 28.7 Å². The van der Waals surface area contributed by atoms with Crippen LogP contribution in [0.3, 0.4) is 0 Å². The number of rotatable bonds is 3. The Morgan fingerprint density at radius 1 is 1.17 bits per heavy atom. The predicted molar refractivity (Wildman–Crippen MR) is 88.2 cm³/mol. The van der Waals surface area contributed by atoms with Crippen molar-refractivity contribution in [3.8, 4) is 0 Å². The highest BCUT2D eigenvalue weighted by atomic mass is 79.9. The van der Waals surface area contributed by atoms with Crippen molar-refractivity contribution in [2.24, 2.45) is 5.92 Å². The highest BCUT2D eigenvalue weighted by Gasteiger charge is 2.42. The number of carbonyl (C=O) groups excluding carboxylic acids is 1. The van der Waals surface area contributed by atoms with Gasteiger partial charge in [-0.2, -0.15) is 0 Å². The molecule has 0 saturated carbocycles. The average Bonchev–Trinajstić information content (AvgIpc) is 3.01. The lowest BCUT2D eigenvalue weighted by Crippen LogP contribution is -2.41. The second-order valence-electron chi connectivity index (χ2n) is 6.20. The van der Waals surface area contributed by atoms with Gasteiger partial charge in [-0.25, -0.2) is 0 Å². The second kappa shape index (κ2) is 7.01. The number of carbonyl (C=O) groups is 2. The molecule has 0 aliphatic carbocycles. The van der Waals surface area contributed by atoms with E-state index >= 15 is 0 Å². The van der Waals surface area contributed by atoms with Crippen LogP contribution in [-0.4, -0.2) is 47.7 Å². The van der Waals surface area contributed by atoms with E-state index in [1.54, 1.807) is 4.90 Å². The molecular weight excluding hydrogens is 362 g/mol. The molecule has 1 N–H and O–H groups in total. The van der Waals surface area contributed by atoms with Gasteiger partial charge in [0.15, 0.2) is 0 Å². The Kier molecular flexibility index (Phi) is 5.02. The SMILES string of the molecule is O=C(O)[C@@H]1CN(C(=O)C2CCCCO2)C[C@H]1c1ccc(Br)cc1. The number of carboxylic acids is 1. The molecule has 0 radical (unpaired) electrons. The third-order valence-electron chi connectivity index (χ3n) is 4.70. The Morgan fingerprint density at radius 3 is 2.52 bits per heavy atom. The number of ether oxygens (including phenoxy) is 1. The van der Waals surface area contributed by atoms with Gasteiger partial charge < -0.3 is 14.7 Å². The van der Waals surface area contributed by atoms with Gasteiger partial charge >= 0.3 is 5.97 Å². The monoisotopic (exact) mass is 381 g/mol. The Hall–Kier alpha value is -1.40. The minimum atomic E-state index is -0.849. The number of amides is 1. The first-order valence-corrected chi connectivity index (χ1v) is 8.74. The van der Waals surface area contributed by atoms with Gasteiger partial charge in [-0.05, 0) is 37.0 Å². The summed E-state index contributed by atoms with van der Waals surface area (Å²) in [6.45, 7) is 1.31. The van der Waals surface area contributed by atoms with Crippen LogP contribution in [-0.2, 0) is 14.3 Å². The molecule has 1 aromatic carbocycles. The molecule has 6 heteroatoms. The summed E-state index contributed by atoms with van der Waals surface area (Å²) < 4.78 is 6.51. The summed E-state index contributed by atoms with van der Waals surface area (Å²) in [6, 6.07) is 7.66. The van der Waals surface area contributed by atoms with E-state index in [2.05, 4.69) is 15.9 Å².